The van der Waals surface area contributed by atoms with Crippen molar-refractivity contribution in [3.63, 3.8) is 0 Å². The van der Waals surface area contributed by atoms with Crippen LogP contribution >= 0.6 is 0 Å². The van der Waals surface area contributed by atoms with Gasteiger partial charge in [0.05, 0.1) is 6.61 Å². The molecule has 83 valence electrons. The molecule has 14 heavy (non-hydrogen) atoms. The highest BCUT2D eigenvalue weighted by atomic mass is 28.1. The Morgan fingerprint density at radius 2 is 1.57 bits per heavy atom. The van der Waals surface area contributed by atoms with Gasteiger partial charge in [0.25, 0.3) is 0 Å². The summed E-state index contributed by atoms with van der Waals surface area (Å²) in [7, 11) is 3.34. The molecule has 0 atom stereocenters. The first-order valence-corrected chi connectivity index (χ1v) is 5.71. The summed E-state index contributed by atoms with van der Waals surface area (Å²) in [6, 6.07) is 0. The van der Waals surface area contributed by atoms with Crippen LogP contribution in [0.4, 0.5) is 0 Å². The van der Waals surface area contributed by atoms with Gasteiger partial charge >= 0.3 is 0 Å². The van der Waals surface area contributed by atoms with E-state index >= 15 is 0 Å². The smallest absolute Gasteiger partial charge is 0.248 e. The molecule has 0 aromatic heterocycles. The van der Waals surface area contributed by atoms with E-state index in [-0.39, 0.29) is 0 Å². The van der Waals surface area contributed by atoms with Crippen LogP contribution in [0.5, 0.6) is 0 Å². The summed E-state index contributed by atoms with van der Waals surface area (Å²) in [5.74, 6) is 0.620. The van der Waals surface area contributed by atoms with E-state index in [4.69, 9.17) is 14.2 Å². The molecule has 0 aromatic carbocycles. The molecule has 0 aliphatic rings. The lowest BCUT2D eigenvalue weighted by Gasteiger charge is -2.29. The normalized spacial score (nSPS) is 12.4. The van der Waals surface area contributed by atoms with Gasteiger partial charge in [-0.15, -0.1) is 0 Å². The maximum absolute atomic E-state index is 5.49. The maximum atomic E-state index is 5.49. The Morgan fingerprint density at radius 1 is 1.07 bits per heavy atom. The molecule has 0 aliphatic heterocycles. The first-order chi connectivity index (χ1) is 6.54. The summed E-state index contributed by atoms with van der Waals surface area (Å²) in [4.78, 5) is 0. The van der Waals surface area contributed by atoms with Crippen molar-refractivity contribution in [3.8, 4) is 0 Å². The summed E-state index contributed by atoms with van der Waals surface area (Å²) in [5, 5.41) is 0. The van der Waals surface area contributed by atoms with Gasteiger partial charge in [0.1, 0.15) is 0 Å². The molecule has 0 unspecified atom stereocenters. The van der Waals surface area contributed by atoms with Crippen molar-refractivity contribution in [2.75, 3.05) is 19.8 Å². The van der Waals surface area contributed by atoms with E-state index in [2.05, 4.69) is 24.1 Å². The molecule has 0 spiro atoms. The Hall–Kier alpha value is 0.0969. The van der Waals surface area contributed by atoms with Gasteiger partial charge in [0, 0.05) is 13.2 Å². The van der Waals surface area contributed by atoms with Crippen molar-refractivity contribution < 1.29 is 14.2 Å². The van der Waals surface area contributed by atoms with Gasteiger partial charge in [-0.25, -0.2) is 0 Å². The number of hydrogen-bond donors (Lipinski definition) is 0. The molecule has 0 bridgehead atoms. The minimum Gasteiger partial charge on any atom is -0.332 e. The minimum atomic E-state index is -1.06. The summed E-state index contributed by atoms with van der Waals surface area (Å²) >= 11 is 0. The van der Waals surface area contributed by atoms with Gasteiger partial charge in [0.2, 0.25) is 5.60 Å². The zero-order valence-electron chi connectivity index (χ0n) is 9.63. The molecular formula is C10H21O3Si. The van der Waals surface area contributed by atoms with Crippen molar-refractivity contribution in [2.24, 2.45) is 5.92 Å². The number of rotatable bonds is 8. The SMILES string of the molecule is CCOC([Si])(OCC)OCCC(C)C. The Kier molecular flexibility index (Phi) is 7.45. The minimum absolute atomic E-state index is 0.547. The van der Waals surface area contributed by atoms with E-state index in [1.165, 1.54) is 0 Å². The summed E-state index contributed by atoms with van der Waals surface area (Å²) in [5.41, 5.74) is -1.06. The fourth-order valence-electron chi connectivity index (χ4n) is 0.934. The Morgan fingerprint density at radius 3 is 1.93 bits per heavy atom. The fraction of sp³-hybridized carbons (Fsp3) is 1.00. The molecule has 0 amide bonds. The van der Waals surface area contributed by atoms with Crippen LogP contribution in [0.25, 0.3) is 0 Å². The summed E-state index contributed by atoms with van der Waals surface area (Å²) < 4.78 is 16.1. The quantitative estimate of drug-likeness (QED) is 0.459. The van der Waals surface area contributed by atoms with E-state index in [1.807, 2.05) is 13.8 Å². The van der Waals surface area contributed by atoms with Crippen LogP contribution in [0, 0.1) is 5.92 Å². The van der Waals surface area contributed by atoms with E-state index in [0.717, 1.165) is 6.42 Å². The van der Waals surface area contributed by atoms with Crippen molar-refractivity contribution in [3.05, 3.63) is 0 Å². The second kappa shape index (κ2) is 7.40. The molecule has 0 heterocycles. The predicted octanol–water partition coefficient (Wildman–Crippen LogP) is 1.90. The Labute approximate surface area is 90.5 Å². The molecule has 0 N–H and O–H groups in total. The zero-order valence-corrected chi connectivity index (χ0v) is 10.6. The number of ether oxygens (including phenoxy) is 3. The largest absolute Gasteiger partial charge is 0.332 e. The van der Waals surface area contributed by atoms with Crippen LogP contribution < -0.4 is 0 Å². The van der Waals surface area contributed by atoms with Crippen molar-refractivity contribution in [1.82, 2.24) is 0 Å². The summed E-state index contributed by atoms with van der Waals surface area (Å²) in [6.07, 6.45) is 0.992. The maximum Gasteiger partial charge on any atom is 0.248 e. The molecule has 0 saturated carbocycles. The van der Waals surface area contributed by atoms with E-state index < -0.39 is 5.60 Å². The first kappa shape index (κ1) is 14.1. The molecule has 3 nitrogen and oxygen atoms in total. The molecule has 0 aromatic rings. The highest BCUT2D eigenvalue weighted by Gasteiger charge is 2.25. The molecular weight excluding hydrogens is 196 g/mol. The lowest BCUT2D eigenvalue weighted by molar-refractivity contribution is -0.322. The van der Waals surface area contributed by atoms with Crippen molar-refractivity contribution in [2.45, 2.75) is 39.7 Å². The highest BCUT2D eigenvalue weighted by Crippen LogP contribution is 2.12. The molecule has 0 fully saturated rings. The predicted molar refractivity (Wildman–Crippen MR) is 57.1 cm³/mol. The van der Waals surface area contributed by atoms with E-state index in [0.29, 0.717) is 25.7 Å². The van der Waals surface area contributed by atoms with Crippen LogP contribution in [-0.2, 0) is 14.2 Å². The third-order valence-electron chi connectivity index (χ3n) is 1.66. The van der Waals surface area contributed by atoms with Crippen LogP contribution in [0.2, 0.25) is 0 Å². The van der Waals surface area contributed by atoms with Crippen LogP contribution in [-0.4, -0.2) is 35.7 Å². The van der Waals surface area contributed by atoms with E-state index in [1.54, 1.807) is 0 Å². The van der Waals surface area contributed by atoms with Gasteiger partial charge < -0.3 is 14.2 Å². The highest BCUT2D eigenvalue weighted by molar-refractivity contribution is 6.12. The summed E-state index contributed by atoms with van der Waals surface area (Å²) in [6.45, 7) is 9.83. The first-order valence-electron chi connectivity index (χ1n) is 5.21. The van der Waals surface area contributed by atoms with Crippen LogP contribution in [0.15, 0.2) is 0 Å². The van der Waals surface area contributed by atoms with Crippen molar-refractivity contribution >= 4 is 10.2 Å². The Bertz CT molecular complexity index is 133. The molecule has 0 rings (SSSR count). The molecule has 3 radical (unpaired) electrons. The third kappa shape index (κ3) is 6.54. The number of hydrogen-bond acceptors (Lipinski definition) is 3. The lowest BCUT2D eigenvalue weighted by atomic mass is 10.1. The third-order valence-corrected chi connectivity index (χ3v) is 2.09. The second-order valence-electron chi connectivity index (χ2n) is 3.45. The average Bonchev–Trinajstić information content (AvgIpc) is 2.03. The van der Waals surface area contributed by atoms with Gasteiger partial charge in [0.15, 0.2) is 10.2 Å². The van der Waals surface area contributed by atoms with Gasteiger partial charge in [-0.05, 0) is 26.2 Å². The standard InChI is InChI=1S/C10H21O3Si/c1-5-11-10(14,12-6-2)13-8-7-9(3)4/h9H,5-8H2,1-4H3. The molecule has 4 heteroatoms. The molecule has 0 aliphatic carbocycles. The zero-order chi connectivity index (χ0) is 11.0. The van der Waals surface area contributed by atoms with Gasteiger partial charge in [-0.3, -0.25) is 0 Å². The second-order valence-corrected chi connectivity index (χ2v) is 4.07. The average molecular weight is 217 g/mol. The van der Waals surface area contributed by atoms with Gasteiger partial charge in [-0.2, -0.15) is 0 Å². The topological polar surface area (TPSA) is 27.7 Å². The molecule has 0 saturated heterocycles. The lowest BCUT2D eigenvalue weighted by Crippen LogP contribution is -2.40. The van der Waals surface area contributed by atoms with E-state index in [9.17, 15) is 0 Å². The van der Waals surface area contributed by atoms with Crippen LogP contribution in [0.3, 0.4) is 0 Å². The monoisotopic (exact) mass is 217 g/mol. The van der Waals surface area contributed by atoms with Gasteiger partial charge in [-0.1, -0.05) is 13.8 Å². The fourth-order valence-corrected chi connectivity index (χ4v) is 1.32. The Balaban J connectivity index is 3.83. The van der Waals surface area contributed by atoms with Crippen molar-refractivity contribution in [1.29, 1.82) is 0 Å². The van der Waals surface area contributed by atoms with Crippen LogP contribution in [0.1, 0.15) is 34.1 Å².